The number of amides is 7. The molecule has 31 nitrogen and oxygen atoms in total. The van der Waals surface area contributed by atoms with E-state index in [-0.39, 0.29) is 89.1 Å². The minimum absolute atomic E-state index is 0.00640. The molecule has 0 aromatic heterocycles. The zero-order valence-electron chi connectivity index (χ0n) is 38.4. The summed E-state index contributed by atoms with van der Waals surface area (Å²) in [5.74, 6) is -9.81. The highest BCUT2D eigenvalue weighted by Gasteiger charge is 2.40. The van der Waals surface area contributed by atoms with Crippen molar-refractivity contribution in [3.63, 3.8) is 0 Å². The van der Waals surface area contributed by atoms with Gasteiger partial charge in [-0.05, 0) is 57.3 Å². The van der Waals surface area contributed by atoms with E-state index in [0.29, 0.717) is 19.1 Å². The molecule has 0 radical (unpaired) electrons. The molecule has 0 aromatic carbocycles. The Kier molecular flexibility index (Phi) is 26.8. The summed E-state index contributed by atoms with van der Waals surface area (Å²) in [6.45, 7) is 1.58. The largest absolute Gasteiger partial charge is 0.481 e. The Morgan fingerprint density at radius 1 is 0.710 bits per heavy atom. The number of aliphatic carboxylic acids is 1. The van der Waals surface area contributed by atoms with Gasteiger partial charge < -0.3 is 96.6 Å². The smallest absolute Gasteiger partial charge is 0.469 e. The zero-order valence-corrected chi connectivity index (χ0v) is 39.3. The minimum atomic E-state index is -5.37. The van der Waals surface area contributed by atoms with E-state index in [1.54, 1.807) is 13.8 Å². The van der Waals surface area contributed by atoms with E-state index in [1.807, 2.05) is 0 Å². The summed E-state index contributed by atoms with van der Waals surface area (Å²) >= 11 is 0. The lowest BCUT2D eigenvalue weighted by Gasteiger charge is -2.30. The van der Waals surface area contributed by atoms with Gasteiger partial charge in [0, 0.05) is 26.2 Å². The number of aliphatic imine (C=N–C) groups is 3. The van der Waals surface area contributed by atoms with E-state index < -0.39 is 116 Å². The Labute approximate surface area is 396 Å². The van der Waals surface area contributed by atoms with Gasteiger partial charge in [-0.1, -0.05) is 13.8 Å². The van der Waals surface area contributed by atoms with Crippen LogP contribution in [0.25, 0.3) is 0 Å². The second-order valence-electron chi connectivity index (χ2n) is 15.9. The number of nitrogens with zero attached hydrogens (tertiary/aromatic N) is 4. The lowest BCUT2D eigenvalue weighted by atomic mass is 10.0. The molecule has 1 fully saturated rings. The molecule has 1 aliphatic rings. The van der Waals surface area contributed by atoms with E-state index in [1.165, 1.54) is 0 Å². The van der Waals surface area contributed by atoms with E-state index in [0.717, 1.165) is 4.90 Å². The number of carbonyl (C=O) groups excluding carboxylic acids is 8. The van der Waals surface area contributed by atoms with Gasteiger partial charge in [0.2, 0.25) is 41.4 Å². The van der Waals surface area contributed by atoms with Crippen LogP contribution in [-0.2, 0) is 52.2 Å². The Hall–Kier alpha value is -6.69. The number of hydrogen-bond donors (Lipinski definition) is 16. The van der Waals surface area contributed by atoms with Crippen molar-refractivity contribution in [2.75, 3.05) is 39.3 Å². The molecule has 23 N–H and O–H groups in total. The molecule has 0 saturated carbocycles. The molecule has 0 bridgehead atoms. The summed E-state index contributed by atoms with van der Waals surface area (Å²) < 4.78 is 16.3. The maximum absolute atomic E-state index is 14.0. The van der Waals surface area contributed by atoms with Crippen molar-refractivity contribution in [1.82, 2.24) is 36.8 Å². The number of carbonyl (C=O) groups is 9. The SMILES string of the molecule is CC(C)[C@H](NC(=O)[C@H](CCCN=C(N)N)NC(=O)[C@@H](N)CCCN=C(N)N)C(=O)N[C@@H](CCCN=C(N)N)C(=O)N[C@@H](COP(=O)(O)O)C(=O)N[C@@H](CC(=O)O)C(=O)N1CCC[C@H]1C(=O)NCC=O. The highest BCUT2D eigenvalue weighted by molar-refractivity contribution is 7.46. The highest BCUT2D eigenvalue weighted by atomic mass is 31.2. The van der Waals surface area contributed by atoms with Crippen LogP contribution < -0.4 is 72.0 Å². The van der Waals surface area contributed by atoms with E-state index in [9.17, 15) is 62.6 Å². The minimum Gasteiger partial charge on any atom is -0.481 e. The standard InChI is InChI=1S/C37H68N17O14P/c1-19(2)27(53-30(60)22(9-5-13-48-37(43)44)49-28(58)20(38)7-3-11-46-35(39)40)33(63)50-21(8-4-12-47-36(41)42)29(59)52-24(18-68-69(65,66)67)31(61)51-23(17-26(56)57)34(64)54-15-6-10-25(54)32(62)45-14-16-55/h16,19-25,27H,3-15,17-18,38H2,1-2H3,(H,45,62)(H,49,58)(H,50,63)(H,51,61)(H,52,59)(H,53,60)(H,56,57)(H4,39,40,46)(H4,41,42,47)(H4,43,44,48)(H2,65,66,67)/t20-,21-,22-,23-,24-,25-,27-/m0/s1. The fraction of sp³-hybridized carbons (Fsp3) is 0.676. The van der Waals surface area contributed by atoms with Crippen LogP contribution in [0, 0.1) is 5.92 Å². The monoisotopic (exact) mass is 1010 g/mol. The van der Waals surface area contributed by atoms with Crippen molar-refractivity contribution in [3.05, 3.63) is 0 Å². The second-order valence-corrected chi connectivity index (χ2v) is 17.2. The van der Waals surface area contributed by atoms with E-state index in [4.69, 9.17) is 40.1 Å². The average molecular weight is 1010 g/mol. The van der Waals surface area contributed by atoms with Gasteiger partial charge in [-0.15, -0.1) is 0 Å². The predicted octanol–water partition coefficient (Wildman–Crippen LogP) is -7.56. The summed E-state index contributed by atoms with van der Waals surface area (Å²) in [5, 5.41) is 23.9. The third-order valence-corrected chi connectivity index (χ3v) is 10.4. The number of aldehydes is 1. The highest BCUT2D eigenvalue weighted by Crippen LogP contribution is 2.35. The number of rotatable bonds is 32. The number of nitrogens with two attached hydrogens (primary N) is 7. The van der Waals surface area contributed by atoms with Crippen LogP contribution in [0.15, 0.2) is 15.0 Å². The van der Waals surface area contributed by atoms with Gasteiger partial charge in [0.1, 0.15) is 42.5 Å². The number of likely N-dealkylation sites (tertiary alicyclic amines) is 1. The van der Waals surface area contributed by atoms with Crippen LogP contribution in [0.5, 0.6) is 0 Å². The van der Waals surface area contributed by atoms with Crippen molar-refractivity contribution in [3.8, 4) is 0 Å². The quantitative estimate of drug-likeness (QED) is 0.00978. The zero-order chi connectivity index (χ0) is 52.4. The first-order valence-corrected chi connectivity index (χ1v) is 23.2. The van der Waals surface area contributed by atoms with Gasteiger partial charge in [-0.25, -0.2) is 4.57 Å². The summed E-state index contributed by atoms with van der Waals surface area (Å²) in [6.07, 6.45) is 0.0970. The molecular formula is C37H68N17O14P. The van der Waals surface area contributed by atoms with Gasteiger partial charge in [0.15, 0.2) is 17.9 Å². The van der Waals surface area contributed by atoms with Crippen molar-refractivity contribution in [2.45, 2.75) is 114 Å². The molecule has 7 amide bonds. The normalized spacial score (nSPS) is 15.9. The lowest BCUT2D eigenvalue weighted by molar-refractivity contribution is -0.146. The number of nitrogens with one attached hydrogen (secondary N) is 6. The maximum atomic E-state index is 14.0. The molecule has 32 heteroatoms. The van der Waals surface area contributed by atoms with E-state index in [2.05, 4.69) is 51.4 Å². The lowest BCUT2D eigenvalue weighted by Crippen LogP contribution is -2.61. The molecule has 7 atom stereocenters. The van der Waals surface area contributed by atoms with Gasteiger partial charge in [0.25, 0.3) is 0 Å². The number of phosphoric ester groups is 1. The molecule has 1 heterocycles. The van der Waals surface area contributed by atoms with Crippen molar-refractivity contribution < 1.29 is 67.1 Å². The Balaban J connectivity index is 3.50. The average Bonchev–Trinajstić information content (AvgIpc) is 3.75. The van der Waals surface area contributed by atoms with Gasteiger partial charge in [0.05, 0.1) is 25.6 Å². The molecule has 0 unspecified atom stereocenters. The number of guanidine groups is 3. The molecule has 390 valence electrons. The summed E-state index contributed by atoms with van der Waals surface area (Å²) in [7, 11) is -5.37. The van der Waals surface area contributed by atoms with Crippen LogP contribution in [0.1, 0.15) is 71.6 Å². The first-order chi connectivity index (χ1) is 32.3. The fourth-order valence-corrected chi connectivity index (χ4v) is 6.90. The van der Waals surface area contributed by atoms with E-state index >= 15 is 0 Å². The Morgan fingerprint density at radius 3 is 1.65 bits per heavy atom. The first-order valence-electron chi connectivity index (χ1n) is 21.6. The number of phosphoric acid groups is 1. The second kappa shape index (κ2) is 30.6. The first kappa shape index (κ1) is 60.3. The molecule has 0 spiro atoms. The van der Waals surface area contributed by atoms with Crippen molar-refractivity contribution >= 4 is 79.3 Å². The Morgan fingerprint density at radius 2 is 1.17 bits per heavy atom. The summed E-state index contributed by atoms with van der Waals surface area (Å²) in [4.78, 5) is 149. The summed E-state index contributed by atoms with van der Waals surface area (Å²) in [6, 6.07) is -10.5. The molecule has 69 heavy (non-hydrogen) atoms. The summed E-state index contributed by atoms with van der Waals surface area (Å²) in [5.41, 5.74) is 38.4. The number of carboxylic acid groups (broad SMARTS) is 1. The maximum Gasteiger partial charge on any atom is 0.469 e. The molecule has 1 rings (SSSR count). The van der Waals surface area contributed by atoms with Crippen LogP contribution in [-0.4, -0.2) is 173 Å². The Bertz CT molecular complexity index is 1920. The van der Waals surface area contributed by atoms with Gasteiger partial charge in [-0.3, -0.25) is 57.9 Å². The van der Waals surface area contributed by atoms with Crippen LogP contribution >= 0.6 is 7.82 Å². The molecule has 0 aliphatic carbocycles. The third kappa shape index (κ3) is 24.2. The molecule has 0 aromatic rings. The van der Waals surface area contributed by atoms with Crippen LogP contribution in [0.2, 0.25) is 0 Å². The van der Waals surface area contributed by atoms with Crippen molar-refractivity contribution in [1.29, 1.82) is 0 Å². The number of carboxylic acids is 1. The topological polar surface area (TPSA) is 535 Å². The van der Waals surface area contributed by atoms with Crippen LogP contribution in [0.3, 0.4) is 0 Å². The fourth-order valence-electron chi connectivity index (χ4n) is 6.56. The predicted molar refractivity (Wildman–Crippen MR) is 246 cm³/mol. The van der Waals surface area contributed by atoms with Crippen molar-refractivity contribution in [2.24, 2.45) is 61.0 Å². The number of hydrogen-bond acceptors (Lipinski definition) is 15. The van der Waals surface area contributed by atoms with Gasteiger partial charge >= 0.3 is 13.8 Å². The molecule has 1 saturated heterocycles. The molecular weight excluding hydrogens is 937 g/mol. The van der Waals surface area contributed by atoms with Crippen LogP contribution in [0.4, 0.5) is 0 Å². The molecule has 1 aliphatic heterocycles. The van der Waals surface area contributed by atoms with Gasteiger partial charge in [-0.2, -0.15) is 0 Å². The third-order valence-electron chi connectivity index (χ3n) is 9.94.